The summed E-state index contributed by atoms with van der Waals surface area (Å²) in [6, 6.07) is 9.26. The highest BCUT2D eigenvalue weighted by Gasteiger charge is 2.16. The molecule has 0 saturated carbocycles. The second kappa shape index (κ2) is 16.3. The van der Waals surface area contributed by atoms with Crippen LogP contribution in [0.5, 0.6) is 0 Å². The third kappa shape index (κ3) is 13.8. The van der Waals surface area contributed by atoms with Gasteiger partial charge in [-0.3, -0.25) is 9.59 Å². The van der Waals surface area contributed by atoms with Crippen LogP contribution < -0.4 is 11.5 Å². The second-order valence-electron chi connectivity index (χ2n) is 5.85. The molecule has 2 atom stereocenters. The van der Waals surface area contributed by atoms with E-state index < -0.39 is 0 Å². The molecule has 4 nitrogen and oxygen atoms in total. The highest BCUT2D eigenvalue weighted by Crippen LogP contribution is 2.06. The first-order valence-electron chi connectivity index (χ1n) is 8.87. The number of carbonyl (C=O) groups excluding carboxylic acids is 2. The molecular weight excluding hydrogens is 332 g/mol. The fraction of sp³-hybridized carbons (Fsp3) is 0.600. The third-order valence-electron chi connectivity index (χ3n) is 3.39. The van der Waals surface area contributed by atoms with E-state index in [1.165, 1.54) is 6.92 Å². The van der Waals surface area contributed by atoms with Crippen LogP contribution in [-0.2, 0) is 16.0 Å². The van der Waals surface area contributed by atoms with Crippen LogP contribution in [0.2, 0.25) is 0 Å². The van der Waals surface area contributed by atoms with Gasteiger partial charge in [0.2, 0.25) is 0 Å². The molecule has 1 aromatic carbocycles. The Labute approximate surface area is 158 Å². The first-order valence-corrected chi connectivity index (χ1v) is 10.3. The largest absolute Gasteiger partial charge is 0.321 e. The van der Waals surface area contributed by atoms with Gasteiger partial charge in [-0.1, -0.05) is 58.0 Å². The Morgan fingerprint density at radius 1 is 1.04 bits per heavy atom. The lowest BCUT2D eigenvalue weighted by Crippen LogP contribution is -2.35. The van der Waals surface area contributed by atoms with Crippen molar-refractivity contribution in [2.45, 2.75) is 59.5 Å². The molecule has 0 aromatic heterocycles. The summed E-state index contributed by atoms with van der Waals surface area (Å²) in [7, 11) is 0. The minimum atomic E-state index is -0.364. The van der Waals surface area contributed by atoms with E-state index in [1.807, 2.05) is 64.3 Å². The van der Waals surface area contributed by atoms with Crippen molar-refractivity contribution in [2.24, 2.45) is 17.4 Å². The highest BCUT2D eigenvalue weighted by atomic mass is 32.2. The molecule has 0 radical (unpaired) electrons. The number of nitrogens with two attached hydrogens (primary N) is 2. The van der Waals surface area contributed by atoms with E-state index in [-0.39, 0.29) is 29.6 Å². The Morgan fingerprint density at radius 3 is 1.96 bits per heavy atom. The van der Waals surface area contributed by atoms with E-state index in [4.69, 9.17) is 11.5 Å². The molecule has 144 valence electrons. The minimum absolute atomic E-state index is 0.0220. The molecule has 1 aromatic rings. The standard InChI is InChI=1S/C12H17NO.C6H13NOS.C2H6/c1-9(2)12(14)11(13)8-10-6-4-3-5-7-10;1-5(8)6(7)3-4-9-2;1-2/h3-7,9,11H,8,13H2,1-2H3;6H,3-4,7H2,1-2H3;1-2H3. The maximum Gasteiger partial charge on any atom is 0.152 e. The van der Waals surface area contributed by atoms with Crippen LogP contribution in [0.1, 0.15) is 46.6 Å². The first kappa shape index (κ1) is 26.1. The van der Waals surface area contributed by atoms with Gasteiger partial charge in [0.05, 0.1) is 12.1 Å². The Kier molecular flexibility index (Phi) is 17.0. The van der Waals surface area contributed by atoms with Crippen molar-refractivity contribution in [3.05, 3.63) is 35.9 Å². The normalized spacial score (nSPS) is 12.2. The van der Waals surface area contributed by atoms with Crippen molar-refractivity contribution < 1.29 is 9.59 Å². The van der Waals surface area contributed by atoms with Crippen molar-refractivity contribution in [3.63, 3.8) is 0 Å². The lowest BCUT2D eigenvalue weighted by molar-refractivity contribution is -0.123. The summed E-state index contributed by atoms with van der Waals surface area (Å²) in [6.45, 7) is 9.30. The molecule has 0 heterocycles. The summed E-state index contributed by atoms with van der Waals surface area (Å²) in [5.74, 6) is 1.22. The molecule has 25 heavy (non-hydrogen) atoms. The summed E-state index contributed by atoms with van der Waals surface area (Å²) >= 11 is 1.72. The van der Waals surface area contributed by atoms with Crippen LogP contribution in [0, 0.1) is 5.92 Å². The monoisotopic (exact) mass is 368 g/mol. The quantitative estimate of drug-likeness (QED) is 0.734. The van der Waals surface area contributed by atoms with Crippen molar-refractivity contribution >= 4 is 23.3 Å². The van der Waals surface area contributed by atoms with Crippen LogP contribution in [-0.4, -0.2) is 35.7 Å². The van der Waals surface area contributed by atoms with Gasteiger partial charge in [-0.25, -0.2) is 0 Å². The Balaban J connectivity index is 0. The van der Waals surface area contributed by atoms with Crippen molar-refractivity contribution in [3.8, 4) is 0 Å². The number of Topliss-reactive ketones (excluding diaryl/α,β-unsaturated/α-hetero) is 2. The molecule has 4 N–H and O–H groups in total. The number of hydrogen-bond donors (Lipinski definition) is 2. The molecular formula is C20H36N2O2S. The molecule has 0 saturated heterocycles. The highest BCUT2D eigenvalue weighted by molar-refractivity contribution is 7.98. The summed E-state index contributed by atoms with van der Waals surface area (Å²) in [4.78, 5) is 22.0. The van der Waals surface area contributed by atoms with Gasteiger partial charge in [-0.05, 0) is 37.3 Å². The number of carbonyl (C=O) groups is 2. The van der Waals surface area contributed by atoms with E-state index >= 15 is 0 Å². The van der Waals surface area contributed by atoms with Gasteiger partial charge < -0.3 is 11.5 Å². The predicted molar refractivity (Wildman–Crippen MR) is 111 cm³/mol. The van der Waals surface area contributed by atoms with Crippen LogP contribution in [0.4, 0.5) is 0 Å². The average molecular weight is 369 g/mol. The topological polar surface area (TPSA) is 86.2 Å². The van der Waals surface area contributed by atoms with Crippen LogP contribution in [0.25, 0.3) is 0 Å². The van der Waals surface area contributed by atoms with Crippen molar-refractivity contribution in [2.75, 3.05) is 12.0 Å². The van der Waals surface area contributed by atoms with Crippen LogP contribution in [0.15, 0.2) is 30.3 Å². The summed E-state index contributed by atoms with van der Waals surface area (Å²) in [5.41, 5.74) is 12.4. The molecule has 0 fully saturated rings. The molecule has 0 bridgehead atoms. The van der Waals surface area contributed by atoms with E-state index in [1.54, 1.807) is 11.8 Å². The van der Waals surface area contributed by atoms with E-state index in [9.17, 15) is 9.59 Å². The summed E-state index contributed by atoms with van der Waals surface area (Å²) in [5, 5.41) is 0. The molecule has 0 aliphatic heterocycles. The average Bonchev–Trinajstić information content (AvgIpc) is 2.61. The molecule has 0 spiro atoms. The van der Waals surface area contributed by atoms with E-state index in [0.29, 0.717) is 6.42 Å². The fourth-order valence-corrected chi connectivity index (χ4v) is 2.33. The lowest BCUT2D eigenvalue weighted by atomic mass is 9.97. The zero-order valence-corrected chi connectivity index (χ0v) is 17.4. The second-order valence-corrected chi connectivity index (χ2v) is 6.84. The summed E-state index contributed by atoms with van der Waals surface area (Å²) < 4.78 is 0. The molecule has 0 aliphatic carbocycles. The number of thioether (sulfide) groups is 1. The first-order chi connectivity index (χ1) is 11.8. The zero-order valence-electron chi connectivity index (χ0n) is 16.6. The maximum absolute atomic E-state index is 11.5. The van der Waals surface area contributed by atoms with Crippen molar-refractivity contribution in [1.29, 1.82) is 0 Å². The van der Waals surface area contributed by atoms with Crippen LogP contribution >= 0.6 is 11.8 Å². The van der Waals surface area contributed by atoms with E-state index in [2.05, 4.69) is 0 Å². The smallest absolute Gasteiger partial charge is 0.152 e. The van der Waals surface area contributed by atoms with Gasteiger partial charge in [0, 0.05) is 5.92 Å². The van der Waals surface area contributed by atoms with Gasteiger partial charge in [-0.2, -0.15) is 11.8 Å². The Hall–Kier alpha value is -1.17. The van der Waals surface area contributed by atoms with Gasteiger partial charge in [0.1, 0.15) is 5.78 Å². The van der Waals surface area contributed by atoms with Gasteiger partial charge in [-0.15, -0.1) is 0 Å². The van der Waals surface area contributed by atoms with Gasteiger partial charge in [0.15, 0.2) is 5.78 Å². The molecule has 2 unspecified atom stereocenters. The molecule has 0 aliphatic rings. The zero-order chi connectivity index (χ0) is 19.8. The number of benzene rings is 1. The van der Waals surface area contributed by atoms with Gasteiger partial charge >= 0.3 is 0 Å². The SMILES string of the molecule is CC.CC(C)C(=O)C(N)Cc1ccccc1.CSCCC(N)C(C)=O. The third-order valence-corrected chi connectivity index (χ3v) is 4.03. The number of rotatable bonds is 8. The lowest BCUT2D eigenvalue weighted by Gasteiger charge is -2.12. The summed E-state index contributed by atoms with van der Waals surface area (Å²) in [6.07, 6.45) is 3.45. The predicted octanol–water partition coefficient (Wildman–Crippen LogP) is 3.46. The van der Waals surface area contributed by atoms with Gasteiger partial charge in [0.25, 0.3) is 0 Å². The Bertz CT molecular complexity index is 464. The molecule has 0 amide bonds. The van der Waals surface area contributed by atoms with Crippen molar-refractivity contribution in [1.82, 2.24) is 0 Å². The maximum atomic E-state index is 11.5. The fourth-order valence-electron chi connectivity index (χ4n) is 1.84. The number of ketones is 2. The van der Waals surface area contributed by atoms with E-state index in [0.717, 1.165) is 17.7 Å². The minimum Gasteiger partial charge on any atom is -0.321 e. The number of hydrogen-bond acceptors (Lipinski definition) is 5. The van der Waals surface area contributed by atoms with Crippen LogP contribution in [0.3, 0.4) is 0 Å². The molecule has 1 rings (SSSR count). The Morgan fingerprint density at radius 2 is 1.56 bits per heavy atom. The molecule has 5 heteroatoms.